The number of nitrogens with zero attached hydrogens (tertiary/aromatic N) is 1. The molecule has 4 nitrogen and oxygen atoms in total. The number of aliphatic hydroxyl groups is 1. The van der Waals surface area contributed by atoms with Gasteiger partial charge < -0.3 is 10.4 Å². The van der Waals surface area contributed by atoms with Gasteiger partial charge in [-0.1, -0.05) is 30.3 Å². The van der Waals surface area contributed by atoms with E-state index >= 15 is 0 Å². The first-order chi connectivity index (χ1) is 12.8. The van der Waals surface area contributed by atoms with E-state index in [2.05, 4.69) is 5.32 Å². The zero-order chi connectivity index (χ0) is 19.7. The normalized spacial score (nSPS) is 16.1. The molecule has 0 atom stereocenters. The zero-order valence-corrected chi connectivity index (χ0v) is 14.0. The Labute approximate surface area is 153 Å². The van der Waals surface area contributed by atoms with Crippen LogP contribution < -0.4 is 5.32 Å². The summed E-state index contributed by atoms with van der Waals surface area (Å²) >= 11 is 0. The summed E-state index contributed by atoms with van der Waals surface area (Å²) in [6.45, 7) is 0. The topological polar surface area (TPSA) is 73.1 Å². The lowest BCUT2D eigenvalue weighted by molar-refractivity contribution is -0.137. The van der Waals surface area contributed by atoms with Crippen molar-refractivity contribution in [3.63, 3.8) is 0 Å². The van der Waals surface area contributed by atoms with Crippen molar-refractivity contribution in [2.75, 3.05) is 5.32 Å². The van der Waals surface area contributed by atoms with Gasteiger partial charge in [0.05, 0.1) is 11.0 Å². The van der Waals surface area contributed by atoms with Crippen molar-refractivity contribution in [1.82, 2.24) is 0 Å². The fraction of sp³-hybridized carbons (Fsp3) is 0.200. The number of allylic oxidation sites excluding steroid dienone is 1. The molecular weight excluding hydrogens is 357 g/mol. The molecule has 0 heterocycles. The molecule has 7 heteroatoms. The first-order valence-corrected chi connectivity index (χ1v) is 8.16. The molecule has 0 saturated heterocycles. The van der Waals surface area contributed by atoms with Crippen molar-refractivity contribution >= 4 is 11.6 Å². The van der Waals surface area contributed by atoms with E-state index in [1.807, 2.05) is 18.2 Å². The molecule has 1 aliphatic rings. The standard InChI is InChI=1S/C20H15F3N2O2/c21-20(22,23)14-6-8-15(9-7-14)25-18(27)16(12-24)17(26)19(10-11-19)13-4-2-1-3-5-13/h1-9,26H,10-11H2,(H,25,27)/b17-16-. The number of aliphatic hydroxyl groups excluding tert-OH is 1. The lowest BCUT2D eigenvalue weighted by Gasteiger charge is -2.16. The number of hydrogen-bond acceptors (Lipinski definition) is 3. The Morgan fingerprint density at radius 2 is 1.67 bits per heavy atom. The molecule has 2 aromatic carbocycles. The van der Waals surface area contributed by atoms with Gasteiger partial charge in [0.15, 0.2) is 5.57 Å². The average Bonchev–Trinajstić information content (AvgIpc) is 3.44. The molecule has 2 N–H and O–H groups in total. The van der Waals surface area contributed by atoms with Gasteiger partial charge in [0.25, 0.3) is 5.91 Å². The Hall–Kier alpha value is -3.27. The number of nitrogens with one attached hydrogen (secondary N) is 1. The average molecular weight is 372 g/mol. The van der Waals surface area contributed by atoms with E-state index in [0.717, 1.165) is 29.8 Å². The van der Waals surface area contributed by atoms with Crippen LogP contribution in [-0.4, -0.2) is 11.0 Å². The second kappa shape index (κ2) is 6.80. The monoisotopic (exact) mass is 372 g/mol. The maximum atomic E-state index is 12.6. The predicted octanol–water partition coefficient (Wildman–Crippen LogP) is 4.71. The van der Waals surface area contributed by atoms with Crippen molar-refractivity contribution in [3.05, 3.63) is 77.1 Å². The molecule has 2 aromatic rings. The number of benzene rings is 2. The van der Waals surface area contributed by atoms with Crippen molar-refractivity contribution in [1.29, 1.82) is 5.26 Å². The van der Waals surface area contributed by atoms with Crippen LogP contribution >= 0.6 is 0 Å². The minimum absolute atomic E-state index is 0.0955. The summed E-state index contributed by atoms with van der Waals surface area (Å²) in [6, 6.07) is 14.6. The Balaban J connectivity index is 1.84. The summed E-state index contributed by atoms with van der Waals surface area (Å²) < 4.78 is 37.8. The van der Waals surface area contributed by atoms with Gasteiger partial charge >= 0.3 is 6.18 Å². The van der Waals surface area contributed by atoms with Crippen LogP contribution in [0.5, 0.6) is 0 Å². The summed E-state index contributed by atoms with van der Waals surface area (Å²) in [5.74, 6) is -1.18. The first-order valence-electron chi connectivity index (χ1n) is 8.16. The number of alkyl halides is 3. The molecular formula is C20H15F3N2O2. The maximum Gasteiger partial charge on any atom is 0.416 e. The number of nitriles is 1. The SMILES string of the molecule is N#C/C(C(=O)Nc1ccc(C(F)(F)F)cc1)=C(/O)C1(c2ccccc2)CC1. The minimum Gasteiger partial charge on any atom is -0.510 e. The quantitative estimate of drug-likeness (QED) is 0.464. The van der Waals surface area contributed by atoms with Crippen molar-refractivity contribution in [2.24, 2.45) is 0 Å². The van der Waals surface area contributed by atoms with Crippen LogP contribution in [0.4, 0.5) is 18.9 Å². The van der Waals surface area contributed by atoms with Gasteiger partial charge in [-0.15, -0.1) is 0 Å². The van der Waals surface area contributed by atoms with Crippen molar-refractivity contribution in [2.45, 2.75) is 24.4 Å². The van der Waals surface area contributed by atoms with Crippen LogP contribution in [0.15, 0.2) is 65.9 Å². The van der Waals surface area contributed by atoms with Crippen LogP contribution in [0.3, 0.4) is 0 Å². The van der Waals surface area contributed by atoms with Crippen molar-refractivity contribution < 1.29 is 23.1 Å². The minimum atomic E-state index is -4.48. The fourth-order valence-corrected chi connectivity index (χ4v) is 2.93. The number of rotatable bonds is 4. The Kier molecular flexibility index (Phi) is 4.66. The van der Waals surface area contributed by atoms with Gasteiger partial charge in [0.2, 0.25) is 0 Å². The summed E-state index contributed by atoms with van der Waals surface area (Å²) in [7, 11) is 0. The molecule has 1 fully saturated rings. The third kappa shape index (κ3) is 3.65. The highest BCUT2D eigenvalue weighted by Gasteiger charge is 2.50. The molecule has 0 aromatic heterocycles. The van der Waals surface area contributed by atoms with Gasteiger partial charge in [0.1, 0.15) is 11.8 Å². The van der Waals surface area contributed by atoms with Crippen LogP contribution in [-0.2, 0) is 16.4 Å². The van der Waals surface area contributed by atoms with E-state index in [1.54, 1.807) is 18.2 Å². The Bertz CT molecular complexity index is 922. The lowest BCUT2D eigenvalue weighted by atomic mass is 9.91. The lowest BCUT2D eigenvalue weighted by Crippen LogP contribution is -2.20. The predicted molar refractivity (Wildman–Crippen MR) is 92.7 cm³/mol. The molecule has 1 saturated carbocycles. The molecule has 0 unspecified atom stereocenters. The highest BCUT2D eigenvalue weighted by atomic mass is 19.4. The smallest absolute Gasteiger partial charge is 0.416 e. The number of carbonyl (C=O) groups is 1. The summed E-state index contributed by atoms with van der Waals surface area (Å²) in [5, 5.41) is 22.3. The van der Waals surface area contributed by atoms with Gasteiger partial charge in [-0.25, -0.2) is 0 Å². The van der Waals surface area contributed by atoms with E-state index < -0.39 is 28.6 Å². The highest BCUT2D eigenvalue weighted by molar-refractivity contribution is 6.07. The summed E-state index contributed by atoms with van der Waals surface area (Å²) in [5.41, 5.74) is -1.16. The van der Waals surface area contributed by atoms with E-state index in [-0.39, 0.29) is 11.4 Å². The molecule has 0 bridgehead atoms. The fourth-order valence-electron chi connectivity index (χ4n) is 2.93. The number of hydrogen-bond donors (Lipinski definition) is 2. The summed E-state index contributed by atoms with van der Waals surface area (Å²) in [6.07, 6.45) is -3.28. The maximum absolute atomic E-state index is 12.6. The van der Waals surface area contributed by atoms with Gasteiger partial charge in [-0.3, -0.25) is 4.79 Å². The molecule has 27 heavy (non-hydrogen) atoms. The Morgan fingerprint density at radius 1 is 1.07 bits per heavy atom. The number of amides is 1. The first kappa shape index (κ1) is 18.5. The largest absolute Gasteiger partial charge is 0.510 e. The second-order valence-electron chi connectivity index (χ2n) is 6.31. The zero-order valence-electron chi connectivity index (χ0n) is 14.0. The Morgan fingerprint density at radius 3 is 2.15 bits per heavy atom. The van der Waals surface area contributed by atoms with Gasteiger partial charge in [-0.2, -0.15) is 18.4 Å². The number of carbonyl (C=O) groups excluding carboxylic acids is 1. The van der Waals surface area contributed by atoms with E-state index in [4.69, 9.17) is 0 Å². The molecule has 1 amide bonds. The molecule has 3 rings (SSSR count). The van der Waals surface area contributed by atoms with E-state index in [9.17, 15) is 28.3 Å². The third-order valence-corrected chi connectivity index (χ3v) is 4.58. The van der Waals surface area contributed by atoms with Crippen molar-refractivity contribution in [3.8, 4) is 6.07 Å². The van der Waals surface area contributed by atoms with E-state index in [0.29, 0.717) is 12.8 Å². The second-order valence-corrected chi connectivity index (χ2v) is 6.31. The van der Waals surface area contributed by atoms with E-state index in [1.165, 1.54) is 0 Å². The molecule has 0 aliphatic heterocycles. The number of halogens is 3. The van der Waals surface area contributed by atoms with Crippen LogP contribution in [0, 0.1) is 11.3 Å². The van der Waals surface area contributed by atoms with Gasteiger partial charge in [-0.05, 0) is 42.7 Å². The third-order valence-electron chi connectivity index (χ3n) is 4.58. The summed E-state index contributed by atoms with van der Waals surface area (Å²) in [4.78, 5) is 12.4. The molecule has 138 valence electrons. The van der Waals surface area contributed by atoms with Crippen LogP contribution in [0.25, 0.3) is 0 Å². The van der Waals surface area contributed by atoms with Gasteiger partial charge in [0, 0.05) is 5.69 Å². The van der Waals surface area contributed by atoms with Crippen LogP contribution in [0.2, 0.25) is 0 Å². The van der Waals surface area contributed by atoms with Crippen LogP contribution in [0.1, 0.15) is 24.0 Å². The number of anilines is 1. The molecule has 0 radical (unpaired) electrons. The molecule has 0 spiro atoms. The highest BCUT2D eigenvalue weighted by Crippen LogP contribution is 2.53. The molecule has 1 aliphatic carbocycles.